The van der Waals surface area contributed by atoms with Crippen LogP contribution in [-0.4, -0.2) is 63.9 Å². The molecule has 0 radical (unpaired) electrons. The van der Waals surface area contributed by atoms with Gasteiger partial charge in [0.2, 0.25) is 5.91 Å². The predicted octanol–water partition coefficient (Wildman–Crippen LogP) is 2.11. The fourth-order valence-corrected chi connectivity index (χ4v) is 2.62. The highest BCUT2D eigenvalue weighted by molar-refractivity contribution is 5.93. The third-order valence-electron chi connectivity index (χ3n) is 4.37. The van der Waals surface area contributed by atoms with E-state index < -0.39 is 11.9 Å². The van der Waals surface area contributed by atoms with E-state index in [2.05, 4.69) is 29.2 Å². The smallest absolute Gasteiger partial charge is 0.356 e. The van der Waals surface area contributed by atoms with Crippen LogP contribution in [-0.2, 0) is 16.1 Å². The largest absolute Gasteiger partial charge is 0.476 e. The Kier molecular flexibility index (Phi) is 8.35. The van der Waals surface area contributed by atoms with Crippen molar-refractivity contribution in [3.63, 3.8) is 0 Å². The van der Waals surface area contributed by atoms with E-state index in [0.717, 1.165) is 13.1 Å². The third-order valence-corrected chi connectivity index (χ3v) is 4.37. The zero-order valence-corrected chi connectivity index (χ0v) is 16.6. The molecule has 0 aliphatic heterocycles. The maximum absolute atomic E-state index is 12.1. The molecule has 0 aliphatic carbocycles. The van der Waals surface area contributed by atoms with E-state index in [1.807, 2.05) is 0 Å². The predicted molar refractivity (Wildman–Crippen MR) is 107 cm³/mol. The Balaban J connectivity index is 1.77. The van der Waals surface area contributed by atoms with Crippen LogP contribution in [0.4, 0.5) is 5.69 Å². The van der Waals surface area contributed by atoms with E-state index in [9.17, 15) is 14.4 Å². The Morgan fingerprint density at radius 3 is 2.41 bits per heavy atom. The quantitative estimate of drug-likeness (QED) is 0.553. The summed E-state index contributed by atoms with van der Waals surface area (Å²) in [6, 6.07) is 7.84. The average molecular weight is 402 g/mol. The Morgan fingerprint density at radius 2 is 1.83 bits per heavy atom. The van der Waals surface area contributed by atoms with Crippen molar-refractivity contribution in [1.29, 1.82) is 0 Å². The van der Waals surface area contributed by atoms with Gasteiger partial charge in [-0.2, -0.15) is 5.10 Å². The lowest BCUT2D eigenvalue weighted by molar-refractivity contribution is -0.116. The number of likely N-dealkylation sites (N-methyl/N-ethyl adjacent to an activating group) is 1. The number of nitrogens with one attached hydrogen (secondary N) is 1. The Hall–Kier alpha value is -3.20. The molecule has 9 heteroatoms. The SMILES string of the molecule is CCN(CC)CCOC(=O)c1ccc(NC(=O)CCn2ccc(C(=O)O)n2)cc1. The van der Waals surface area contributed by atoms with E-state index in [1.54, 1.807) is 24.3 Å². The Morgan fingerprint density at radius 1 is 1.14 bits per heavy atom. The zero-order valence-electron chi connectivity index (χ0n) is 16.6. The highest BCUT2D eigenvalue weighted by Crippen LogP contribution is 2.11. The molecule has 0 saturated carbocycles. The van der Waals surface area contributed by atoms with Gasteiger partial charge >= 0.3 is 11.9 Å². The number of hydrogen-bond donors (Lipinski definition) is 2. The molecule has 1 heterocycles. The number of aromatic carboxylic acids is 1. The van der Waals surface area contributed by atoms with Gasteiger partial charge in [-0.05, 0) is 43.4 Å². The van der Waals surface area contributed by atoms with E-state index in [4.69, 9.17) is 9.84 Å². The topological polar surface area (TPSA) is 114 Å². The van der Waals surface area contributed by atoms with Gasteiger partial charge in [0.15, 0.2) is 5.69 Å². The van der Waals surface area contributed by atoms with Gasteiger partial charge in [0.05, 0.1) is 5.56 Å². The van der Waals surface area contributed by atoms with E-state index in [-0.39, 0.29) is 24.6 Å². The molecule has 1 aromatic carbocycles. The highest BCUT2D eigenvalue weighted by Gasteiger charge is 2.10. The Bertz CT molecular complexity index is 828. The van der Waals surface area contributed by atoms with Gasteiger partial charge in [0.25, 0.3) is 0 Å². The average Bonchev–Trinajstić information content (AvgIpc) is 3.19. The maximum Gasteiger partial charge on any atom is 0.356 e. The molecule has 9 nitrogen and oxygen atoms in total. The summed E-state index contributed by atoms with van der Waals surface area (Å²) >= 11 is 0. The number of aryl methyl sites for hydroxylation is 1. The van der Waals surface area contributed by atoms with Crippen LogP contribution in [0.15, 0.2) is 36.5 Å². The van der Waals surface area contributed by atoms with Gasteiger partial charge in [-0.1, -0.05) is 13.8 Å². The molecule has 2 aromatic rings. The first-order valence-electron chi connectivity index (χ1n) is 9.49. The maximum atomic E-state index is 12.1. The molecule has 0 bridgehead atoms. The Labute approximate surface area is 169 Å². The van der Waals surface area contributed by atoms with Crippen molar-refractivity contribution in [3.8, 4) is 0 Å². The first-order chi connectivity index (χ1) is 13.9. The summed E-state index contributed by atoms with van der Waals surface area (Å²) in [4.78, 5) is 37.1. The molecule has 0 spiro atoms. The minimum absolute atomic E-state index is 0.0648. The fourth-order valence-electron chi connectivity index (χ4n) is 2.62. The molecule has 156 valence electrons. The van der Waals surface area contributed by atoms with Crippen molar-refractivity contribution in [2.75, 3.05) is 31.6 Å². The van der Waals surface area contributed by atoms with Crippen LogP contribution in [0.5, 0.6) is 0 Å². The number of hydrogen-bond acceptors (Lipinski definition) is 6. The van der Waals surface area contributed by atoms with Crippen molar-refractivity contribution in [1.82, 2.24) is 14.7 Å². The second kappa shape index (κ2) is 11.0. The lowest BCUT2D eigenvalue weighted by atomic mass is 10.2. The third kappa shape index (κ3) is 7.04. The van der Waals surface area contributed by atoms with Gasteiger partial charge in [0, 0.05) is 31.4 Å². The first-order valence-corrected chi connectivity index (χ1v) is 9.49. The van der Waals surface area contributed by atoms with Gasteiger partial charge in [-0.25, -0.2) is 9.59 Å². The second-order valence-corrected chi connectivity index (χ2v) is 6.31. The van der Waals surface area contributed by atoms with Crippen molar-refractivity contribution in [2.24, 2.45) is 0 Å². The molecular weight excluding hydrogens is 376 g/mol. The number of amides is 1. The number of anilines is 1. The summed E-state index contributed by atoms with van der Waals surface area (Å²) in [6.07, 6.45) is 1.65. The number of rotatable bonds is 11. The van der Waals surface area contributed by atoms with E-state index in [0.29, 0.717) is 24.4 Å². The van der Waals surface area contributed by atoms with Crippen molar-refractivity contribution >= 4 is 23.5 Å². The van der Waals surface area contributed by atoms with E-state index >= 15 is 0 Å². The molecule has 1 aromatic heterocycles. The summed E-state index contributed by atoms with van der Waals surface area (Å²) in [6.45, 7) is 7.21. The summed E-state index contributed by atoms with van der Waals surface area (Å²) in [5, 5.41) is 15.4. The summed E-state index contributed by atoms with van der Waals surface area (Å²) in [5.74, 6) is -1.75. The van der Waals surface area contributed by atoms with Crippen molar-refractivity contribution in [2.45, 2.75) is 26.8 Å². The molecule has 0 saturated heterocycles. The van der Waals surface area contributed by atoms with Crippen LogP contribution in [0, 0.1) is 0 Å². The van der Waals surface area contributed by atoms with Gasteiger partial charge in [-0.15, -0.1) is 0 Å². The number of nitrogens with zero attached hydrogens (tertiary/aromatic N) is 3. The highest BCUT2D eigenvalue weighted by atomic mass is 16.5. The number of esters is 1. The standard InChI is InChI=1S/C20H26N4O5/c1-3-23(4-2)13-14-29-20(28)15-5-7-16(8-6-15)21-18(25)10-12-24-11-9-17(22-24)19(26)27/h5-9,11H,3-4,10,12-14H2,1-2H3,(H,21,25)(H,26,27). The van der Waals surface area contributed by atoms with Crippen LogP contribution in [0.1, 0.15) is 41.1 Å². The van der Waals surface area contributed by atoms with Gasteiger partial charge in [-0.3, -0.25) is 9.48 Å². The molecule has 0 fully saturated rings. The lowest BCUT2D eigenvalue weighted by Gasteiger charge is -2.17. The molecule has 2 rings (SSSR count). The fraction of sp³-hybridized carbons (Fsp3) is 0.400. The monoisotopic (exact) mass is 402 g/mol. The van der Waals surface area contributed by atoms with Gasteiger partial charge in [0.1, 0.15) is 6.61 Å². The van der Waals surface area contributed by atoms with Crippen LogP contribution in [0.2, 0.25) is 0 Å². The molecule has 1 amide bonds. The van der Waals surface area contributed by atoms with E-state index in [1.165, 1.54) is 16.9 Å². The van der Waals surface area contributed by atoms with Crippen LogP contribution in [0.25, 0.3) is 0 Å². The molecule has 0 atom stereocenters. The molecular formula is C20H26N4O5. The van der Waals surface area contributed by atoms with Crippen LogP contribution >= 0.6 is 0 Å². The minimum atomic E-state index is -1.11. The lowest BCUT2D eigenvalue weighted by Crippen LogP contribution is -2.27. The number of carbonyl (C=O) groups excluding carboxylic acids is 2. The number of carboxylic acids is 1. The van der Waals surface area contributed by atoms with Gasteiger partial charge < -0.3 is 20.1 Å². The molecule has 2 N–H and O–H groups in total. The number of ether oxygens (including phenoxy) is 1. The molecule has 0 unspecified atom stereocenters. The second-order valence-electron chi connectivity index (χ2n) is 6.31. The number of carbonyl (C=O) groups is 3. The minimum Gasteiger partial charge on any atom is -0.476 e. The molecule has 0 aliphatic rings. The zero-order chi connectivity index (χ0) is 21.2. The number of carboxylic acid groups (broad SMARTS) is 1. The summed E-state index contributed by atoms with van der Waals surface area (Å²) in [7, 11) is 0. The number of aromatic nitrogens is 2. The first kappa shape index (κ1) is 22.1. The normalized spacial score (nSPS) is 10.7. The summed E-state index contributed by atoms with van der Waals surface area (Å²) < 4.78 is 6.67. The van der Waals surface area contributed by atoms with Crippen LogP contribution in [0.3, 0.4) is 0 Å². The number of benzene rings is 1. The van der Waals surface area contributed by atoms with Crippen molar-refractivity contribution in [3.05, 3.63) is 47.8 Å². The molecule has 29 heavy (non-hydrogen) atoms. The van der Waals surface area contributed by atoms with Crippen molar-refractivity contribution < 1.29 is 24.2 Å². The summed E-state index contributed by atoms with van der Waals surface area (Å²) in [5.41, 5.74) is 0.909. The van der Waals surface area contributed by atoms with Crippen LogP contribution < -0.4 is 5.32 Å².